The number of para-hydroxylation sites is 1. The molecule has 26 heavy (non-hydrogen) atoms. The van der Waals surface area contributed by atoms with Gasteiger partial charge in [-0.25, -0.2) is 0 Å². The predicted octanol–water partition coefficient (Wildman–Crippen LogP) is 4.27. The number of H-pyrrole nitrogens is 1. The highest BCUT2D eigenvalue weighted by atomic mass is 16.5. The van der Waals surface area contributed by atoms with E-state index < -0.39 is 5.41 Å². The van der Waals surface area contributed by atoms with Gasteiger partial charge in [0.25, 0.3) is 0 Å². The van der Waals surface area contributed by atoms with Crippen LogP contribution in [0.4, 0.5) is 0 Å². The molecule has 1 unspecified atom stereocenters. The van der Waals surface area contributed by atoms with Crippen molar-refractivity contribution >= 4 is 21.9 Å². The van der Waals surface area contributed by atoms with Crippen LogP contribution in [-0.4, -0.2) is 17.3 Å². The summed E-state index contributed by atoms with van der Waals surface area (Å²) in [6, 6.07) is 14.5. The Labute approximate surface area is 150 Å². The molecule has 1 atom stereocenters. The third-order valence-corrected chi connectivity index (χ3v) is 5.53. The number of aryl methyl sites for hydroxylation is 1. The lowest BCUT2D eigenvalue weighted by Crippen LogP contribution is -2.31. The van der Waals surface area contributed by atoms with Crippen LogP contribution < -0.4 is 4.74 Å². The maximum absolute atomic E-state index is 10.2. The van der Waals surface area contributed by atoms with Crippen LogP contribution in [-0.2, 0) is 18.3 Å². The number of aromatic nitrogens is 2. The molecule has 0 aliphatic heterocycles. The van der Waals surface area contributed by atoms with Gasteiger partial charge < -0.3 is 9.15 Å². The lowest BCUT2D eigenvalue weighted by atomic mass is 9.69. The number of nitrogens with one attached hydrogen (secondary N) is 1. The van der Waals surface area contributed by atoms with Crippen molar-refractivity contribution in [3.63, 3.8) is 0 Å². The van der Waals surface area contributed by atoms with Crippen molar-refractivity contribution in [2.75, 3.05) is 7.11 Å². The number of nitrogens with zero attached hydrogens (tertiary/aromatic N) is 2. The maximum Gasteiger partial charge on any atom is 0.177 e. The number of rotatable bonds is 2. The zero-order valence-electron chi connectivity index (χ0n) is 14.4. The van der Waals surface area contributed by atoms with Crippen molar-refractivity contribution < 1.29 is 9.15 Å². The van der Waals surface area contributed by atoms with Crippen molar-refractivity contribution in [3.8, 4) is 11.8 Å². The highest BCUT2D eigenvalue weighted by molar-refractivity contribution is 6.09. The zero-order chi connectivity index (χ0) is 17.7. The molecule has 2 heterocycles. The van der Waals surface area contributed by atoms with E-state index in [9.17, 15) is 5.26 Å². The topological polar surface area (TPSA) is 74.8 Å². The summed E-state index contributed by atoms with van der Waals surface area (Å²) in [4.78, 5) is 0. The Bertz CT molecular complexity index is 1180. The van der Waals surface area contributed by atoms with Gasteiger partial charge in [-0.3, -0.25) is 5.10 Å². The van der Waals surface area contributed by atoms with Gasteiger partial charge in [0.15, 0.2) is 11.3 Å². The van der Waals surface area contributed by atoms with Gasteiger partial charge in [0, 0.05) is 17.0 Å². The lowest BCUT2D eigenvalue weighted by molar-refractivity contribution is 0.411. The van der Waals surface area contributed by atoms with Gasteiger partial charge in [0.05, 0.1) is 24.3 Å². The Morgan fingerprint density at radius 1 is 1.27 bits per heavy atom. The number of ether oxygens (including phenoxy) is 1. The van der Waals surface area contributed by atoms with Crippen molar-refractivity contribution in [1.29, 1.82) is 5.26 Å². The van der Waals surface area contributed by atoms with Gasteiger partial charge in [-0.1, -0.05) is 24.3 Å². The van der Waals surface area contributed by atoms with E-state index in [-0.39, 0.29) is 0 Å². The first-order valence-electron chi connectivity index (χ1n) is 8.67. The number of benzene rings is 2. The van der Waals surface area contributed by atoms with E-state index in [0.29, 0.717) is 17.8 Å². The monoisotopic (exact) mass is 343 g/mol. The van der Waals surface area contributed by atoms with Gasteiger partial charge in [0.2, 0.25) is 0 Å². The third-order valence-electron chi connectivity index (χ3n) is 5.53. The van der Waals surface area contributed by atoms with Crippen molar-refractivity contribution in [1.82, 2.24) is 10.2 Å². The summed E-state index contributed by atoms with van der Waals surface area (Å²) in [5, 5.41) is 19.5. The van der Waals surface area contributed by atoms with Crippen molar-refractivity contribution in [2.24, 2.45) is 0 Å². The smallest absolute Gasteiger partial charge is 0.177 e. The fourth-order valence-corrected chi connectivity index (χ4v) is 4.21. The van der Waals surface area contributed by atoms with Crippen LogP contribution in [0.3, 0.4) is 0 Å². The largest absolute Gasteiger partial charge is 0.493 e. The van der Waals surface area contributed by atoms with Crippen LogP contribution in [0.1, 0.15) is 23.2 Å². The van der Waals surface area contributed by atoms with Gasteiger partial charge in [-0.15, -0.1) is 0 Å². The molecule has 1 aliphatic carbocycles. The van der Waals surface area contributed by atoms with Gasteiger partial charge in [-0.05, 0) is 42.5 Å². The minimum absolute atomic E-state index is 0.603. The Hall–Kier alpha value is -3.26. The molecule has 2 aromatic carbocycles. The highest BCUT2D eigenvalue weighted by Gasteiger charge is 2.39. The van der Waals surface area contributed by atoms with Crippen LogP contribution in [0, 0.1) is 11.3 Å². The first-order chi connectivity index (χ1) is 12.8. The lowest BCUT2D eigenvalue weighted by Gasteiger charge is -2.31. The molecule has 0 fully saturated rings. The van der Waals surface area contributed by atoms with Gasteiger partial charge >= 0.3 is 0 Å². The summed E-state index contributed by atoms with van der Waals surface area (Å²) in [6.45, 7) is 0. The van der Waals surface area contributed by atoms with E-state index in [2.05, 4.69) is 16.3 Å². The van der Waals surface area contributed by atoms with E-state index in [1.807, 2.05) is 42.6 Å². The molecule has 0 spiro atoms. The second-order valence-corrected chi connectivity index (χ2v) is 6.85. The normalized spacial score (nSPS) is 19.4. The molecule has 128 valence electrons. The molecule has 4 aromatic rings. The number of hydrogen-bond donors (Lipinski definition) is 1. The Balaban J connectivity index is 1.83. The predicted molar refractivity (Wildman–Crippen MR) is 98.2 cm³/mol. The molecule has 5 rings (SSSR count). The summed E-state index contributed by atoms with van der Waals surface area (Å²) in [6.07, 6.45) is 4.09. The zero-order valence-corrected chi connectivity index (χ0v) is 14.4. The molecular formula is C21H17N3O2. The summed E-state index contributed by atoms with van der Waals surface area (Å²) < 4.78 is 11.6. The maximum atomic E-state index is 10.2. The minimum atomic E-state index is -0.603. The van der Waals surface area contributed by atoms with Crippen LogP contribution in [0.2, 0.25) is 0 Å². The van der Waals surface area contributed by atoms with Crippen LogP contribution in [0.25, 0.3) is 21.9 Å². The molecule has 0 saturated carbocycles. The number of nitriles is 1. The fraction of sp³-hybridized carbons (Fsp3) is 0.238. The number of aromatic amines is 1. The fourth-order valence-electron chi connectivity index (χ4n) is 4.21. The van der Waals surface area contributed by atoms with E-state index in [0.717, 1.165) is 46.0 Å². The third kappa shape index (κ3) is 1.93. The average molecular weight is 343 g/mol. The number of fused-ring (bicyclic) bond motifs is 4. The second kappa shape index (κ2) is 5.37. The Morgan fingerprint density at radius 2 is 2.15 bits per heavy atom. The minimum Gasteiger partial charge on any atom is -0.493 e. The van der Waals surface area contributed by atoms with Crippen LogP contribution in [0.5, 0.6) is 5.75 Å². The van der Waals surface area contributed by atoms with E-state index in [1.165, 1.54) is 0 Å². The Morgan fingerprint density at radius 3 is 3.00 bits per heavy atom. The summed E-state index contributed by atoms with van der Waals surface area (Å²) >= 11 is 0. The molecule has 1 aliphatic rings. The van der Waals surface area contributed by atoms with Crippen LogP contribution in [0.15, 0.2) is 47.0 Å². The standard InChI is InChI=1S/C21H17N3O2/c1-25-18-7-6-15(19-14-4-2-3-5-17(14)26-20(18)19)21(12-22)9-8-16-13(10-21)11-23-24-16/h2-7,11H,8-10H2,1H3,(H,23,24). The molecule has 5 heteroatoms. The number of furan rings is 1. The van der Waals surface area contributed by atoms with Crippen LogP contribution >= 0.6 is 0 Å². The molecule has 1 N–H and O–H groups in total. The van der Waals surface area contributed by atoms with Gasteiger partial charge in [-0.2, -0.15) is 10.4 Å². The molecule has 2 aromatic heterocycles. The summed E-state index contributed by atoms with van der Waals surface area (Å²) in [7, 11) is 1.64. The van der Waals surface area contributed by atoms with E-state index in [4.69, 9.17) is 9.15 Å². The summed E-state index contributed by atoms with van der Waals surface area (Å²) in [5.41, 5.74) is 4.11. The summed E-state index contributed by atoms with van der Waals surface area (Å²) in [5.74, 6) is 0.688. The quantitative estimate of drug-likeness (QED) is 0.590. The average Bonchev–Trinajstić information content (AvgIpc) is 3.30. The van der Waals surface area contributed by atoms with E-state index in [1.54, 1.807) is 7.11 Å². The molecule has 0 amide bonds. The second-order valence-electron chi connectivity index (χ2n) is 6.85. The van der Waals surface area contributed by atoms with E-state index >= 15 is 0 Å². The van der Waals surface area contributed by atoms with Crippen molar-refractivity contribution in [2.45, 2.75) is 24.7 Å². The van der Waals surface area contributed by atoms with Gasteiger partial charge in [0.1, 0.15) is 5.58 Å². The molecule has 0 saturated heterocycles. The molecule has 5 nitrogen and oxygen atoms in total. The molecule has 0 radical (unpaired) electrons. The number of methoxy groups -OCH3 is 1. The number of hydrogen-bond acceptors (Lipinski definition) is 4. The molecular weight excluding hydrogens is 326 g/mol. The SMILES string of the molecule is COc1ccc(C2(C#N)CCc3n[nH]cc3C2)c2c1oc1ccccc12. The van der Waals surface area contributed by atoms with Crippen molar-refractivity contribution in [3.05, 3.63) is 59.4 Å². The highest BCUT2D eigenvalue weighted by Crippen LogP contribution is 2.45. The molecule has 0 bridgehead atoms. The first kappa shape index (κ1) is 15.0. The first-order valence-corrected chi connectivity index (χ1v) is 8.67. The Kier molecular flexibility index (Phi) is 3.10.